The minimum atomic E-state index is 0.191. The van der Waals surface area contributed by atoms with Crippen molar-refractivity contribution in [2.75, 3.05) is 0 Å². The zero-order valence-corrected chi connectivity index (χ0v) is 18.8. The number of nitrogens with zero attached hydrogens (tertiary/aromatic N) is 2. The number of rotatable bonds is 6. The number of pyridine rings is 2. The third kappa shape index (κ3) is 4.21. The molecule has 4 aromatic rings. The van der Waals surface area contributed by atoms with Crippen LogP contribution in [0, 0.1) is 20.8 Å². The molecular weight excluding hydrogens is 384 g/mol. The van der Waals surface area contributed by atoms with Crippen LogP contribution in [0.2, 0.25) is 0 Å². The largest absolute Gasteiger partial charge is 0.374 e. The van der Waals surface area contributed by atoms with E-state index in [9.17, 15) is 4.79 Å². The van der Waals surface area contributed by atoms with Gasteiger partial charge in [-0.15, -0.1) is 0 Å². The molecule has 0 N–H and O–H groups in total. The molecule has 0 unspecified atom stereocenters. The molecule has 0 atom stereocenters. The first-order valence-corrected chi connectivity index (χ1v) is 10.7. The maximum absolute atomic E-state index is 11.2. The van der Waals surface area contributed by atoms with Crippen LogP contribution in [0.1, 0.15) is 57.8 Å². The summed E-state index contributed by atoms with van der Waals surface area (Å²) in [5.74, 6) is 0. The Morgan fingerprint density at radius 1 is 0.871 bits per heavy atom. The summed E-state index contributed by atoms with van der Waals surface area (Å²) in [5, 5.41) is 2.23. The molecular formula is C27H28N2O2. The number of aryl methyl sites for hydroxylation is 3. The van der Waals surface area contributed by atoms with Gasteiger partial charge in [-0.25, -0.2) is 4.98 Å². The molecule has 2 aromatic heterocycles. The summed E-state index contributed by atoms with van der Waals surface area (Å²) < 4.78 is 5.83. The van der Waals surface area contributed by atoms with Crippen LogP contribution in [0.4, 0.5) is 0 Å². The molecule has 0 aliphatic rings. The summed E-state index contributed by atoms with van der Waals surface area (Å²) in [6, 6.07) is 14.5. The van der Waals surface area contributed by atoms with Crippen LogP contribution in [0.3, 0.4) is 0 Å². The molecule has 0 radical (unpaired) electrons. The summed E-state index contributed by atoms with van der Waals surface area (Å²) in [6.07, 6.45) is 1.71. The van der Waals surface area contributed by atoms with Crippen molar-refractivity contribution >= 4 is 28.1 Å². The van der Waals surface area contributed by atoms with Crippen LogP contribution in [-0.4, -0.2) is 22.4 Å². The van der Waals surface area contributed by atoms with Crippen molar-refractivity contribution in [3.05, 3.63) is 81.7 Å². The van der Waals surface area contributed by atoms with Gasteiger partial charge in [-0.05, 0) is 74.6 Å². The highest BCUT2D eigenvalue weighted by Gasteiger charge is 2.12. The predicted molar refractivity (Wildman–Crippen MR) is 126 cm³/mol. The van der Waals surface area contributed by atoms with Crippen molar-refractivity contribution in [1.82, 2.24) is 9.97 Å². The Balaban J connectivity index is 1.75. The van der Waals surface area contributed by atoms with Gasteiger partial charge in [0, 0.05) is 22.9 Å². The Bertz CT molecular complexity index is 1290. The maximum Gasteiger partial charge on any atom is 0.168 e. The van der Waals surface area contributed by atoms with E-state index in [1.165, 1.54) is 5.56 Å². The first-order chi connectivity index (χ1) is 14.9. The molecule has 0 fully saturated rings. The van der Waals surface area contributed by atoms with Crippen LogP contribution < -0.4 is 0 Å². The van der Waals surface area contributed by atoms with Gasteiger partial charge in [-0.1, -0.05) is 30.3 Å². The molecule has 0 spiro atoms. The van der Waals surface area contributed by atoms with E-state index in [2.05, 4.69) is 56.1 Å². The van der Waals surface area contributed by atoms with E-state index in [1.54, 1.807) is 6.07 Å². The lowest BCUT2D eigenvalue weighted by atomic mass is 9.95. The van der Waals surface area contributed by atoms with Crippen LogP contribution >= 0.6 is 0 Å². The topological polar surface area (TPSA) is 52.1 Å². The van der Waals surface area contributed by atoms with Crippen LogP contribution in [0.15, 0.2) is 42.5 Å². The van der Waals surface area contributed by atoms with Gasteiger partial charge in [0.05, 0.1) is 23.7 Å². The highest BCUT2D eigenvalue weighted by molar-refractivity contribution is 5.89. The van der Waals surface area contributed by atoms with Gasteiger partial charge in [0.2, 0.25) is 0 Å². The predicted octanol–water partition coefficient (Wildman–Crippen LogP) is 6.04. The van der Waals surface area contributed by atoms with Crippen molar-refractivity contribution in [3.63, 3.8) is 0 Å². The quantitative estimate of drug-likeness (QED) is 0.363. The number of ether oxygens (including phenoxy) is 1. The first-order valence-electron chi connectivity index (χ1n) is 10.7. The lowest BCUT2D eigenvalue weighted by Gasteiger charge is -2.14. The minimum absolute atomic E-state index is 0.191. The van der Waals surface area contributed by atoms with Gasteiger partial charge in [0.1, 0.15) is 5.69 Å². The van der Waals surface area contributed by atoms with E-state index in [0.717, 1.165) is 62.5 Å². The molecule has 2 heterocycles. The van der Waals surface area contributed by atoms with Crippen LogP contribution in [0.25, 0.3) is 21.8 Å². The minimum Gasteiger partial charge on any atom is -0.374 e. The second kappa shape index (κ2) is 8.56. The van der Waals surface area contributed by atoms with E-state index in [4.69, 9.17) is 9.72 Å². The molecule has 0 amide bonds. The van der Waals surface area contributed by atoms with E-state index >= 15 is 0 Å². The number of hydrogen-bond acceptors (Lipinski definition) is 4. The molecule has 0 saturated carbocycles. The van der Waals surface area contributed by atoms with Gasteiger partial charge < -0.3 is 4.74 Å². The highest BCUT2D eigenvalue weighted by Crippen LogP contribution is 2.27. The maximum atomic E-state index is 11.2. The third-order valence-electron chi connectivity index (χ3n) is 5.84. The molecule has 0 aliphatic heterocycles. The number of aldehydes is 1. The highest BCUT2D eigenvalue weighted by atomic mass is 16.5. The Morgan fingerprint density at radius 3 is 2.39 bits per heavy atom. The van der Waals surface area contributed by atoms with Gasteiger partial charge >= 0.3 is 0 Å². The number of fused-ring (bicyclic) bond motifs is 2. The zero-order chi connectivity index (χ0) is 22.1. The molecule has 4 heteroatoms. The molecule has 0 saturated heterocycles. The zero-order valence-electron chi connectivity index (χ0n) is 18.8. The second-order valence-electron chi connectivity index (χ2n) is 8.50. The molecule has 2 aromatic carbocycles. The SMILES string of the molecule is Cc1cc(Cc2ccc3c(COC(C)C)ccc(C)c3n2)c(C)c2nc(C=O)ccc12. The van der Waals surface area contributed by atoms with E-state index in [-0.39, 0.29) is 6.10 Å². The van der Waals surface area contributed by atoms with E-state index in [1.807, 2.05) is 19.9 Å². The summed E-state index contributed by atoms with van der Waals surface area (Å²) >= 11 is 0. The lowest BCUT2D eigenvalue weighted by Crippen LogP contribution is -2.04. The summed E-state index contributed by atoms with van der Waals surface area (Å²) in [6.45, 7) is 10.9. The number of aromatic nitrogens is 2. The normalized spacial score (nSPS) is 11.5. The Morgan fingerprint density at radius 2 is 1.65 bits per heavy atom. The number of carbonyl (C=O) groups excluding carboxylic acids is 1. The van der Waals surface area contributed by atoms with E-state index < -0.39 is 0 Å². The fraction of sp³-hybridized carbons (Fsp3) is 0.296. The molecule has 0 bridgehead atoms. The first kappa shape index (κ1) is 21.1. The van der Waals surface area contributed by atoms with Crippen molar-refractivity contribution < 1.29 is 9.53 Å². The van der Waals surface area contributed by atoms with Gasteiger partial charge in [0.15, 0.2) is 6.29 Å². The number of carbonyl (C=O) groups is 1. The fourth-order valence-corrected chi connectivity index (χ4v) is 4.06. The van der Waals surface area contributed by atoms with Gasteiger partial charge in [-0.2, -0.15) is 0 Å². The average Bonchev–Trinajstić information content (AvgIpc) is 2.76. The summed E-state index contributed by atoms with van der Waals surface area (Å²) in [7, 11) is 0. The van der Waals surface area contributed by atoms with Crippen molar-refractivity contribution in [1.29, 1.82) is 0 Å². The molecule has 0 aliphatic carbocycles. The summed E-state index contributed by atoms with van der Waals surface area (Å²) in [5.41, 5.74) is 9.17. The molecule has 4 nitrogen and oxygen atoms in total. The summed E-state index contributed by atoms with van der Waals surface area (Å²) in [4.78, 5) is 20.8. The molecule has 158 valence electrons. The van der Waals surface area contributed by atoms with Crippen molar-refractivity contribution in [3.8, 4) is 0 Å². The van der Waals surface area contributed by atoms with E-state index in [0.29, 0.717) is 12.3 Å². The second-order valence-corrected chi connectivity index (χ2v) is 8.50. The standard InChI is InChI=1S/C27H28N2O2/c1-16(2)31-15-20-7-6-17(3)26-25(20)11-8-22(28-26)13-21-12-18(4)24-10-9-23(14-30)29-27(24)19(21)5/h6-12,14,16H,13,15H2,1-5H3. The Labute approximate surface area is 183 Å². The smallest absolute Gasteiger partial charge is 0.168 e. The number of benzene rings is 2. The lowest BCUT2D eigenvalue weighted by molar-refractivity contribution is 0.0664. The van der Waals surface area contributed by atoms with Gasteiger partial charge in [0.25, 0.3) is 0 Å². The van der Waals surface area contributed by atoms with Crippen molar-refractivity contribution in [2.24, 2.45) is 0 Å². The third-order valence-corrected chi connectivity index (χ3v) is 5.84. The number of hydrogen-bond donors (Lipinski definition) is 0. The molecule has 4 rings (SSSR count). The van der Waals surface area contributed by atoms with Crippen molar-refractivity contribution in [2.45, 2.75) is 53.8 Å². The van der Waals surface area contributed by atoms with Gasteiger partial charge in [-0.3, -0.25) is 9.78 Å². The Kier molecular flexibility index (Phi) is 5.84. The van der Waals surface area contributed by atoms with Crippen LogP contribution in [0.5, 0.6) is 0 Å². The van der Waals surface area contributed by atoms with Crippen LogP contribution in [-0.2, 0) is 17.8 Å². The Hall–Kier alpha value is -3.11. The molecule has 31 heavy (non-hydrogen) atoms. The monoisotopic (exact) mass is 412 g/mol. The average molecular weight is 413 g/mol. The fourth-order valence-electron chi connectivity index (χ4n) is 4.06.